The molecule has 0 unspecified atom stereocenters. The Hall–Kier alpha value is -4.44. The van der Waals surface area contributed by atoms with Crippen LogP contribution in [0.25, 0.3) is 11.0 Å². The van der Waals surface area contributed by atoms with E-state index in [2.05, 4.69) is 20.0 Å². The molecule has 5 rings (SSSR count). The number of sulfonamides is 1. The number of carbonyl (C=O) groups excluding carboxylic acids is 1. The number of hydrogen-bond acceptors (Lipinski definition) is 8. The van der Waals surface area contributed by atoms with Gasteiger partial charge in [0.05, 0.1) is 22.1 Å². The van der Waals surface area contributed by atoms with E-state index in [9.17, 15) is 13.2 Å². The lowest BCUT2D eigenvalue weighted by Crippen LogP contribution is -2.14. The molecule has 0 radical (unpaired) electrons. The van der Waals surface area contributed by atoms with E-state index in [1.54, 1.807) is 48.5 Å². The van der Waals surface area contributed by atoms with Gasteiger partial charge in [-0.1, -0.05) is 12.1 Å². The number of fused-ring (bicyclic) bond motifs is 2. The van der Waals surface area contributed by atoms with Crippen molar-refractivity contribution in [2.45, 2.75) is 4.90 Å². The Bertz CT molecular complexity index is 1520. The first-order valence-electron chi connectivity index (χ1n) is 10.2. The van der Waals surface area contributed by atoms with E-state index in [-0.39, 0.29) is 23.3 Å². The van der Waals surface area contributed by atoms with Crippen LogP contribution in [-0.2, 0) is 10.0 Å². The first-order chi connectivity index (χ1) is 16.5. The number of ether oxygens (including phenoxy) is 2. The van der Waals surface area contributed by atoms with Crippen LogP contribution < -0.4 is 19.5 Å². The molecule has 0 amide bonds. The highest BCUT2D eigenvalue weighted by Crippen LogP contribution is 2.32. The maximum absolute atomic E-state index is 12.7. The molecule has 0 bridgehead atoms. The summed E-state index contributed by atoms with van der Waals surface area (Å²) in [5, 5.41) is 2.95. The largest absolute Gasteiger partial charge is 0.454 e. The van der Waals surface area contributed by atoms with Crippen molar-refractivity contribution in [3.63, 3.8) is 0 Å². The summed E-state index contributed by atoms with van der Waals surface area (Å²) in [5.41, 5.74) is 2.33. The molecule has 0 aliphatic carbocycles. The maximum Gasteiger partial charge on any atom is 0.263 e. The van der Waals surface area contributed by atoms with Crippen molar-refractivity contribution in [3.05, 3.63) is 90.8 Å². The van der Waals surface area contributed by atoms with E-state index in [4.69, 9.17) is 9.47 Å². The summed E-state index contributed by atoms with van der Waals surface area (Å²) in [6, 6.07) is 18.2. The third-order valence-corrected chi connectivity index (χ3v) is 6.36. The zero-order chi connectivity index (χ0) is 23.5. The number of carbonyl (C=O) groups is 1. The molecule has 0 saturated heterocycles. The standard InChI is InChI=1S/C24H18N4O5S/c29-21(16-5-10-22-23(13-16)33-15-32-22)11-12-25-17-6-8-18(9-7-17)34(30,31)28-24-14-26-19-3-1-2-4-20(19)27-24/h1-14,25H,15H2,(H,27,28). The third kappa shape index (κ3) is 4.52. The first kappa shape index (κ1) is 21.4. The Balaban J connectivity index is 1.23. The summed E-state index contributed by atoms with van der Waals surface area (Å²) in [5.74, 6) is 1.06. The zero-order valence-corrected chi connectivity index (χ0v) is 18.5. The van der Waals surface area contributed by atoms with Crippen molar-refractivity contribution in [1.82, 2.24) is 9.97 Å². The van der Waals surface area contributed by atoms with Gasteiger partial charge in [-0.25, -0.2) is 13.4 Å². The van der Waals surface area contributed by atoms with Crippen molar-refractivity contribution in [2.75, 3.05) is 16.8 Å². The highest BCUT2D eigenvalue weighted by atomic mass is 32.2. The van der Waals surface area contributed by atoms with E-state index < -0.39 is 10.0 Å². The quantitative estimate of drug-likeness (QED) is 0.305. The van der Waals surface area contributed by atoms with Crippen LogP contribution in [0.1, 0.15) is 10.4 Å². The maximum atomic E-state index is 12.7. The fourth-order valence-corrected chi connectivity index (χ4v) is 4.28. The van der Waals surface area contributed by atoms with Crippen LogP contribution in [0.3, 0.4) is 0 Å². The van der Waals surface area contributed by atoms with Gasteiger partial charge in [-0.3, -0.25) is 14.5 Å². The van der Waals surface area contributed by atoms with Gasteiger partial charge >= 0.3 is 0 Å². The Morgan fingerprint density at radius 3 is 2.53 bits per heavy atom. The lowest BCUT2D eigenvalue weighted by atomic mass is 10.1. The highest BCUT2D eigenvalue weighted by Gasteiger charge is 2.16. The van der Waals surface area contributed by atoms with Gasteiger partial charge in [-0.2, -0.15) is 0 Å². The molecule has 2 heterocycles. The molecule has 10 heteroatoms. The number of benzene rings is 3. The molecule has 4 aromatic rings. The van der Waals surface area contributed by atoms with Gasteiger partial charge in [-0.05, 0) is 54.6 Å². The van der Waals surface area contributed by atoms with Gasteiger partial charge in [0.1, 0.15) is 0 Å². The number of nitrogens with zero attached hydrogens (tertiary/aromatic N) is 2. The second-order valence-corrected chi connectivity index (χ2v) is 8.97. The van der Waals surface area contributed by atoms with E-state index in [0.29, 0.717) is 33.8 Å². The summed E-state index contributed by atoms with van der Waals surface area (Å²) in [6.45, 7) is 0.140. The molecular weight excluding hydrogens is 456 g/mol. The molecule has 34 heavy (non-hydrogen) atoms. The molecule has 3 aromatic carbocycles. The highest BCUT2D eigenvalue weighted by molar-refractivity contribution is 7.92. The summed E-state index contributed by atoms with van der Waals surface area (Å²) in [4.78, 5) is 20.9. The minimum Gasteiger partial charge on any atom is -0.454 e. The van der Waals surface area contributed by atoms with Crippen molar-refractivity contribution in [2.24, 2.45) is 0 Å². The van der Waals surface area contributed by atoms with Crippen LogP contribution in [0.5, 0.6) is 11.5 Å². The van der Waals surface area contributed by atoms with Crippen LogP contribution in [0.2, 0.25) is 0 Å². The summed E-state index contributed by atoms with van der Waals surface area (Å²) in [6.07, 6.45) is 4.24. The Labute approximate surface area is 195 Å². The van der Waals surface area contributed by atoms with Crippen LogP contribution in [0, 0.1) is 0 Å². The van der Waals surface area contributed by atoms with Crippen molar-refractivity contribution in [3.8, 4) is 11.5 Å². The van der Waals surface area contributed by atoms with Crippen molar-refractivity contribution < 1.29 is 22.7 Å². The Morgan fingerprint density at radius 1 is 0.941 bits per heavy atom. The second kappa shape index (κ2) is 8.83. The molecule has 0 fully saturated rings. The molecular formula is C24H18N4O5S. The summed E-state index contributed by atoms with van der Waals surface area (Å²) >= 11 is 0. The SMILES string of the molecule is O=C(C=CNc1ccc(S(=O)(=O)Nc2cnc3ccccc3n2)cc1)c1ccc2c(c1)OCO2. The number of rotatable bonds is 7. The molecule has 0 spiro atoms. The van der Waals surface area contributed by atoms with Gasteiger partial charge in [-0.15, -0.1) is 0 Å². The van der Waals surface area contributed by atoms with Gasteiger partial charge < -0.3 is 14.8 Å². The Kier molecular flexibility index (Phi) is 5.56. The predicted molar refractivity (Wildman–Crippen MR) is 126 cm³/mol. The molecule has 1 aliphatic rings. The molecule has 0 atom stereocenters. The molecule has 0 saturated carbocycles. The van der Waals surface area contributed by atoms with Crippen molar-refractivity contribution in [1.29, 1.82) is 0 Å². The summed E-state index contributed by atoms with van der Waals surface area (Å²) in [7, 11) is -3.85. The molecule has 170 valence electrons. The minimum absolute atomic E-state index is 0.0634. The number of hydrogen-bond donors (Lipinski definition) is 2. The predicted octanol–water partition coefficient (Wildman–Crippen LogP) is 3.97. The average molecular weight is 474 g/mol. The fraction of sp³-hybridized carbons (Fsp3) is 0.0417. The van der Waals surface area contributed by atoms with Crippen molar-refractivity contribution >= 4 is 38.3 Å². The molecule has 1 aliphatic heterocycles. The van der Waals surface area contributed by atoms with Gasteiger partial charge in [0.25, 0.3) is 10.0 Å². The molecule has 9 nitrogen and oxygen atoms in total. The number of anilines is 2. The minimum atomic E-state index is -3.85. The molecule has 1 aromatic heterocycles. The van der Waals surface area contributed by atoms with E-state index in [1.165, 1.54) is 30.6 Å². The fourth-order valence-electron chi connectivity index (χ4n) is 3.29. The van der Waals surface area contributed by atoms with Gasteiger partial charge in [0, 0.05) is 23.5 Å². The van der Waals surface area contributed by atoms with Crippen LogP contribution in [-0.4, -0.2) is 31.0 Å². The van der Waals surface area contributed by atoms with Gasteiger partial charge in [0.15, 0.2) is 23.1 Å². The van der Waals surface area contributed by atoms with E-state index in [0.717, 1.165) is 0 Å². The average Bonchev–Trinajstić information content (AvgIpc) is 3.32. The number of ketones is 1. The van der Waals surface area contributed by atoms with E-state index >= 15 is 0 Å². The van der Waals surface area contributed by atoms with E-state index in [1.807, 2.05) is 6.07 Å². The Morgan fingerprint density at radius 2 is 1.71 bits per heavy atom. The lowest BCUT2D eigenvalue weighted by molar-refractivity contribution is 0.104. The zero-order valence-electron chi connectivity index (χ0n) is 17.6. The topological polar surface area (TPSA) is 120 Å². The third-order valence-electron chi connectivity index (χ3n) is 4.99. The number of aromatic nitrogens is 2. The number of nitrogens with one attached hydrogen (secondary N) is 2. The van der Waals surface area contributed by atoms with Crippen LogP contribution in [0.4, 0.5) is 11.5 Å². The normalized spacial score (nSPS) is 12.7. The smallest absolute Gasteiger partial charge is 0.263 e. The first-order valence-corrected chi connectivity index (χ1v) is 11.7. The number of para-hydroxylation sites is 2. The molecule has 2 N–H and O–H groups in total. The van der Waals surface area contributed by atoms with Gasteiger partial charge in [0.2, 0.25) is 6.79 Å². The second-order valence-electron chi connectivity index (χ2n) is 7.28. The lowest BCUT2D eigenvalue weighted by Gasteiger charge is -2.08. The monoisotopic (exact) mass is 474 g/mol. The number of allylic oxidation sites excluding steroid dienone is 1. The van der Waals surface area contributed by atoms with Crippen LogP contribution in [0.15, 0.2) is 90.1 Å². The van der Waals surface area contributed by atoms with Crippen LogP contribution >= 0.6 is 0 Å². The summed E-state index contributed by atoms with van der Waals surface area (Å²) < 4.78 is 38.4.